The molecule has 0 bridgehead atoms. The summed E-state index contributed by atoms with van der Waals surface area (Å²) in [5, 5.41) is 7.03. The van der Waals surface area contributed by atoms with Crippen molar-refractivity contribution >= 4 is 23.6 Å². The molecule has 1 fully saturated rings. The van der Waals surface area contributed by atoms with E-state index in [0.717, 1.165) is 0 Å². The fraction of sp³-hybridized carbons (Fsp3) is 0.739. The monoisotopic (exact) mass is 502 g/mol. The number of thioether (sulfide) groups is 1. The summed E-state index contributed by atoms with van der Waals surface area (Å²) in [6, 6.07) is 0.780. The number of aryl methyl sites for hydroxylation is 1. The van der Waals surface area contributed by atoms with E-state index in [0.29, 0.717) is 30.6 Å². The van der Waals surface area contributed by atoms with Gasteiger partial charge in [-0.2, -0.15) is 16.9 Å². The summed E-state index contributed by atoms with van der Waals surface area (Å²) in [5.74, 6) is -3.16. The third kappa shape index (κ3) is 8.04. The fourth-order valence-electron chi connectivity index (χ4n) is 3.94. The highest BCUT2D eigenvalue weighted by molar-refractivity contribution is 7.99. The Labute approximate surface area is 203 Å². The average Bonchev–Trinajstić information content (AvgIpc) is 2.73. The molecule has 0 aromatic carbocycles. The molecule has 0 saturated carbocycles. The number of halogens is 2. The van der Waals surface area contributed by atoms with Crippen LogP contribution < -0.4 is 10.9 Å². The normalized spacial score (nSPS) is 17.2. The lowest BCUT2D eigenvalue weighted by Crippen LogP contribution is -2.56. The third-order valence-electron chi connectivity index (χ3n) is 5.58. The van der Waals surface area contributed by atoms with Crippen molar-refractivity contribution in [3.05, 3.63) is 27.7 Å². The standard InChI is InChI=1S/C23H36F2N4O4S/c1-6-33-19(30)7-9-26-21(31)20(18(34-5)11-15(2)3)29-22(32)16(4)12-17(27-29)8-10-28-13-23(24,25)14-28/h12,15,18,20H,6-11,13-14H2,1-5H3,(H,26,31). The number of ether oxygens (including phenoxy) is 1. The minimum absolute atomic E-state index is 0.0300. The molecule has 34 heavy (non-hydrogen) atoms. The summed E-state index contributed by atoms with van der Waals surface area (Å²) < 4.78 is 32.4. The summed E-state index contributed by atoms with van der Waals surface area (Å²) in [5.41, 5.74) is 0.640. The molecule has 2 unspecified atom stereocenters. The number of alkyl halides is 2. The Kier molecular flexibility index (Phi) is 10.5. The van der Waals surface area contributed by atoms with Gasteiger partial charge in [0.05, 0.1) is 31.8 Å². The number of hydrogen-bond acceptors (Lipinski definition) is 7. The Balaban J connectivity index is 2.26. The molecule has 8 nitrogen and oxygen atoms in total. The molecule has 1 N–H and O–H groups in total. The number of carbonyl (C=O) groups is 2. The van der Waals surface area contributed by atoms with Crippen molar-refractivity contribution in [3.63, 3.8) is 0 Å². The van der Waals surface area contributed by atoms with Gasteiger partial charge in [-0.05, 0) is 38.5 Å². The van der Waals surface area contributed by atoms with Gasteiger partial charge in [-0.3, -0.25) is 19.3 Å². The van der Waals surface area contributed by atoms with Crippen LogP contribution in [-0.4, -0.2) is 76.8 Å². The molecule has 2 atom stereocenters. The molecule has 0 aliphatic carbocycles. The van der Waals surface area contributed by atoms with Crippen LogP contribution in [0.3, 0.4) is 0 Å². The van der Waals surface area contributed by atoms with Crippen LogP contribution in [0.2, 0.25) is 0 Å². The number of hydrogen-bond donors (Lipinski definition) is 1. The summed E-state index contributed by atoms with van der Waals surface area (Å²) in [4.78, 5) is 39.6. The van der Waals surface area contributed by atoms with Crippen LogP contribution in [-0.2, 0) is 20.7 Å². The van der Waals surface area contributed by atoms with E-state index < -0.39 is 23.8 Å². The first-order valence-corrected chi connectivity index (χ1v) is 12.9. The highest BCUT2D eigenvalue weighted by atomic mass is 32.2. The predicted molar refractivity (Wildman–Crippen MR) is 128 cm³/mol. The van der Waals surface area contributed by atoms with Crippen molar-refractivity contribution in [2.24, 2.45) is 5.92 Å². The van der Waals surface area contributed by atoms with Gasteiger partial charge in [-0.1, -0.05) is 13.8 Å². The van der Waals surface area contributed by atoms with Crippen LogP contribution in [0.1, 0.15) is 50.9 Å². The summed E-state index contributed by atoms with van der Waals surface area (Å²) in [6.07, 6.45) is 2.99. The molecule has 1 aromatic heterocycles. The van der Waals surface area contributed by atoms with Gasteiger partial charge in [0, 0.05) is 30.3 Å². The van der Waals surface area contributed by atoms with E-state index >= 15 is 0 Å². The lowest BCUT2D eigenvalue weighted by atomic mass is 10.0. The lowest BCUT2D eigenvalue weighted by molar-refractivity contribution is -0.143. The van der Waals surface area contributed by atoms with Crippen molar-refractivity contribution in [2.75, 3.05) is 39.0 Å². The maximum Gasteiger partial charge on any atom is 0.307 e. The molecule has 1 amide bonds. The molecule has 0 spiro atoms. The Bertz CT molecular complexity index is 901. The number of carbonyl (C=O) groups excluding carboxylic acids is 2. The highest BCUT2D eigenvalue weighted by Gasteiger charge is 2.43. The van der Waals surface area contributed by atoms with Crippen molar-refractivity contribution in [2.45, 2.75) is 64.2 Å². The molecule has 11 heteroatoms. The van der Waals surface area contributed by atoms with Gasteiger partial charge >= 0.3 is 5.97 Å². The maximum atomic E-state index is 13.3. The van der Waals surface area contributed by atoms with E-state index in [4.69, 9.17) is 4.74 Å². The predicted octanol–water partition coefficient (Wildman–Crippen LogP) is 2.43. The Hall–Kier alpha value is -2.01. The van der Waals surface area contributed by atoms with Crippen LogP contribution in [0.25, 0.3) is 0 Å². The molecular formula is C23H36F2N4O4S. The van der Waals surface area contributed by atoms with E-state index in [9.17, 15) is 23.2 Å². The Morgan fingerprint density at radius 1 is 1.32 bits per heavy atom. The van der Waals surface area contributed by atoms with Crippen LogP contribution in [0.5, 0.6) is 0 Å². The molecule has 1 aliphatic rings. The zero-order valence-corrected chi connectivity index (χ0v) is 21.4. The van der Waals surface area contributed by atoms with Crippen molar-refractivity contribution < 1.29 is 23.1 Å². The van der Waals surface area contributed by atoms with E-state index in [1.54, 1.807) is 24.8 Å². The van der Waals surface area contributed by atoms with Gasteiger partial charge in [0.2, 0.25) is 5.91 Å². The molecule has 2 rings (SSSR count). The largest absolute Gasteiger partial charge is 0.466 e. The quantitative estimate of drug-likeness (QED) is 0.414. The number of nitrogens with zero attached hydrogens (tertiary/aromatic N) is 3. The van der Waals surface area contributed by atoms with E-state index in [-0.39, 0.29) is 49.4 Å². The second-order valence-corrected chi connectivity index (χ2v) is 10.2. The van der Waals surface area contributed by atoms with E-state index in [2.05, 4.69) is 10.4 Å². The molecule has 1 saturated heterocycles. The first kappa shape index (κ1) is 28.2. The van der Waals surface area contributed by atoms with Crippen LogP contribution in [0, 0.1) is 12.8 Å². The summed E-state index contributed by atoms with van der Waals surface area (Å²) in [7, 11) is 0. The van der Waals surface area contributed by atoms with Crippen LogP contribution in [0.15, 0.2) is 10.9 Å². The molecule has 0 radical (unpaired) electrons. The minimum atomic E-state index is -2.64. The van der Waals surface area contributed by atoms with E-state index in [1.165, 1.54) is 16.4 Å². The molecule has 1 aliphatic heterocycles. The molecular weight excluding hydrogens is 466 g/mol. The van der Waals surface area contributed by atoms with Crippen molar-refractivity contribution in [1.82, 2.24) is 20.0 Å². The highest BCUT2D eigenvalue weighted by Crippen LogP contribution is 2.28. The third-order valence-corrected chi connectivity index (χ3v) is 6.64. The second-order valence-electron chi connectivity index (χ2n) is 9.08. The molecule has 192 valence electrons. The smallest absolute Gasteiger partial charge is 0.307 e. The van der Waals surface area contributed by atoms with Gasteiger partial charge in [0.1, 0.15) is 6.04 Å². The molecule has 2 heterocycles. The van der Waals surface area contributed by atoms with Crippen molar-refractivity contribution in [3.8, 4) is 0 Å². The first-order chi connectivity index (χ1) is 16.0. The van der Waals surface area contributed by atoms with Crippen LogP contribution >= 0.6 is 11.8 Å². The Morgan fingerprint density at radius 2 is 2.00 bits per heavy atom. The van der Waals surface area contributed by atoms with Crippen LogP contribution in [0.4, 0.5) is 8.78 Å². The van der Waals surface area contributed by atoms with Gasteiger partial charge in [-0.15, -0.1) is 0 Å². The SMILES string of the molecule is CCOC(=O)CCNC(=O)C(C(CC(C)C)SC)n1nc(CCN2CC(F)(F)C2)cc(C)c1=O. The van der Waals surface area contributed by atoms with Gasteiger partial charge < -0.3 is 10.1 Å². The first-order valence-electron chi connectivity index (χ1n) is 11.6. The zero-order chi connectivity index (χ0) is 25.5. The zero-order valence-electron chi connectivity index (χ0n) is 20.6. The fourth-order valence-corrected chi connectivity index (χ4v) is 5.01. The topological polar surface area (TPSA) is 93.5 Å². The summed E-state index contributed by atoms with van der Waals surface area (Å²) in [6.45, 7) is 7.65. The number of nitrogens with one attached hydrogen (secondary N) is 1. The Morgan fingerprint density at radius 3 is 2.56 bits per heavy atom. The van der Waals surface area contributed by atoms with Gasteiger partial charge in [-0.25, -0.2) is 13.5 Å². The number of aromatic nitrogens is 2. The van der Waals surface area contributed by atoms with Gasteiger partial charge in [0.15, 0.2) is 0 Å². The van der Waals surface area contributed by atoms with E-state index in [1.807, 2.05) is 20.1 Å². The number of rotatable bonds is 13. The van der Waals surface area contributed by atoms with Crippen molar-refractivity contribution in [1.29, 1.82) is 0 Å². The minimum Gasteiger partial charge on any atom is -0.466 e. The number of esters is 1. The number of amides is 1. The number of likely N-dealkylation sites (tertiary alicyclic amines) is 1. The second kappa shape index (κ2) is 12.6. The maximum absolute atomic E-state index is 13.3. The average molecular weight is 503 g/mol. The lowest BCUT2D eigenvalue weighted by Gasteiger charge is -2.38. The summed E-state index contributed by atoms with van der Waals surface area (Å²) >= 11 is 1.48. The van der Waals surface area contributed by atoms with Gasteiger partial charge in [0.25, 0.3) is 11.5 Å². The molecule has 1 aromatic rings.